The number of rotatable bonds is 3. The minimum absolute atomic E-state index is 0.0867. The summed E-state index contributed by atoms with van der Waals surface area (Å²) >= 11 is 0. The highest BCUT2D eigenvalue weighted by atomic mass is 16.4. The molecule has 1 saturated carbocycles. The van der Waals surface area contributed by atoms with Gasteiger partial charge in [-0.2, -0.15) is 0 Å². The molecule has 1 aliphatic carbocycles. The van der Waals surface area contributed by atoms with E-state index in [-0.39, 0.29) is 11.8 Å². The van der Waals surface area contributed by atoms with Crippen LogP contribution < -0.4 is 0 Å². The summed E-state index contributed by atoms with van der Waals surface area (Å²) in [6.07, 6.45) is 3.41. The Morgan fingerprint density at radius 1 is 1.46 bits per heavy atom. The number of carboxylic acids is 1. The average molecular weight is 184 g/mol. The SMILES string of the molecule is CC(C)(C(=O)O)C1CCC(C=O)C1. The van der Waals surface area contributed by atoms with Gasteiger partial charge in [-0.25, -0.2) is 0 Å². The van der Waals surface area contributed by atoms with Crippen molar-refractivity contribution in [2.45, 2.75) is 33.1 Å². The molecule has 3 nitrogen and oxygen atoms in total. The lowest BCUT2D eigenvalue weighted by atomic mass is 9.77. The molecular formula is C10H16O3. The molecule has 1 fully saturated rings. The Kier molecular flexibility index (Phi) is 2.74. The Bertz CT molecular complexity index is 220. The van der Waals surface area contributed by atoms with Crippen molar-refractivity contribution in [2.24, 2.45) is 17.3 Å². The summed E-state index contributed by atoms with van der Waals surface area (Å²) in [6, 6.07) is 0. The van der Waals surface area contributed by atoms with E-state index in [4.69, 9.17) is 5.11 Å². The molecule has 0 bridgehead atoms. The van der Waals surface area contributed by atoms with E-state index in [1.807, 2.05) is 0 Å². The van der Waals surface area contributed by atoms with Gasteiger partial charge in [0.1, 0.15) is 6.29 Å². The fraction of sp³-hybridized carbons (Fsp3) is 0.800. The molecule has 1 N–H and O–H groups in total. The summed E-state index contributed by atoms with van der Waals surface area (Å²) in [5.74, 6) is -0.520. The van der Waals surface area contributed by atoms with Gasteiger partial charge in [-0.1, -0.05) is 0 Å². The predicted octanol–water partition coefficient (Wildman–Crippen LogP) is 1.71. The molecule has 2 unspecified atom stereocenters. The van der Waals surface area contributed by atoms with Gasteiger partial charge in [-0.15, -0.1) is 0 Å². The van der Waals surface area contributed by atoms with Crippen LogP contribution in [0.15, 0.2) is 0 Å². The molecule has 0 aromatic rings. The molecule has 2 atom stereocenters. The van der Waals surface area contributed by atoms with Gasteiger partial charge in [0.05, 0.1) is 5.41 Å². The zero-order valence-electron chi connectivity index (χ0n) is 8.12. The van der Waals surface area contributed by atoms with Crippen LogP contribution in [0.2, 0.25) is 0 Å². The maximum Gasteiger partial charge on any atom is 0.309 e. The summed E-state index contributed by atoms with van der Waals surface area (Å²) < 4.78 is 0. The predicted molar refractivity (Wildman–Crippen MR) is 48.3 cm³/mol. The van der Waals surface area contributed by atoms with E-state index in [0.29, 0.717) is 0 Å². The smallest absolute Gasteiger partial charge is 0.309 e. The van der Waals surface area contributed by atoms with E-state index in [0.717, 1.165) is 25.5 Å². The Hall–Kier alpha value is -0.860. The molecule has 3 heteroatoms. The lowest BCUT2D eigenvalue weighted by molar-refractivity contribution is -0.150. The first kappa shape index (κ1) is 10.2. The monoisotopic (exact) mass is 184 g/mol. The van der Waals surface area contributed by atoms with Crippen molar-refractivity contribution in [1.82, 2.24) is 0 Å². The summed E-state index contributed by atoms with van der Waals surface area (Å²) in [4.78, 5) is 21.4. The third-order valence-corrected chi connectivity index (χ3v) is 3.24. The normalized spacial score (nSPS) is 28.8. The van der Waals surface area contributed by atoms with Crippen LogP contribution in [0.3, 0.4) is 0 Å². The standard InChI is InChI=1S/C10H16O3/c1-10(2,9(12)13)8-4-3-7(5-8)6-11/h6-8H,3-5H2,1-2H3,(H,12,13). The second-order valence-electron chi connectivity index (χ2n) is 4.43. The van der Waals surface area contributed by atoms with Crippen molar-refractivity contribution in [2.75, 3.05) is 0 Å². The molecule has 0 heterocycles. The molecular weight excluding hydrogens is 168 g/mol. The van der Waals surface area contributed by atoms with Crippen LogP contribution >= 0.6 is 0 Å². The van der Waals surface area contributed by atoms with Crippen molar-refractivity contribution < 1.29 is 14.7 Å². The highest BCUT2D eigenvalue weighted by Crippen LogP contribution is 2.41. The molecule has 0 aliphatic heterocycles. The van der Waals surface area contributed by atoms with Gasteiger partial charge < -0.3 is 9.90 Å². The number of aldehydes is 1. The van der Waals surface area contributed by atoms with E-state index in [2.05, 4.69) is 0 Å². The van der Waals surface area contributed by atoms with Crippen LogP contribution in [-0.4, -0.2) is 17.4 Å². The number of hydrogen-bond donors (Lipinski definition) is 1. The Labute approximate surface area is 78.1 Å². The number of carbonyl (C=O) groups excluding carboxylic acids is 1. The zero-order valence-corrected chi connectivity index (χ0v) is 8.12. The fourth-order valence-corrected chi connectivity index (χ4v) is 1.97. The minimum Gasteiger partial charge on any atom is -0.481 e. The quantitative estimate of drug-likeness (QED) is 0.679. The van der Waals surface area contributed by atoms with Crippen LogP contribution in [0, 0.1) is 17.3 Å². The van der Waals surface area contributed by atoms with Gasteiger partial charge in [-0.05, 0) is 39.0 Å². The number of carboxylic acid groups (broad SMARTS) is 1. The average Bonchev–Trinajstić information content (AvgIpc) is 2.51. The second kappa shape index (κ2) is 3.48. The summed E-state index contributed by atoms with van der Waals surface area (Å²) in [5, 5.41) is 8.97. The molecule has 13 heavy (non-hydrogen) atoms. The van der Waals surface area contributed by atoms with Crippen LogP contribution in [0.5, 0.6) is 0 Å². The van der Waals surface area contributed by atoms with Crippen LogP contribution in [0.1, 0.15) is 33.1 Å². The maximum atomic E-state index is 10.9. The fourth-order valence-electron chi connectivity index (χ4n) is 1.97. The second-order valence-corrected chi connectivity index (χ2v) is 4.43. The van der Waals surface area contributed by atoms with E-state index in [9.17, 15) is 9.59 Å². The van der Waals surface area contributed by atoms with Gasteiger partial charge in [-0.3, -0.25) is 4.79 Å². The number of carbonyl (C=O) groups is 2. The lowest BCUT2D eigenvalue weighted by Crippen LogP contribution is -2.31. The van der Waals surface area contributed by atoms with Crippen LogP contribution in [0.25, 0.3) is 0 Å². The highest BCUT2D eigenvalue weighted by Gasteiger charge is 2.40. The molecule has 0 amide bonds. The lowest BCUT2D eigenvalue weighted by Gasteiger charge is -2.26. The van der Waals surface area contributed by atoms with Crippen molar-refractivity contribution in [3.05, 3.63) is 0 Å². The summed E-state index contributed by atoms with van der Waals surface area (Å²) in [6.45, 7) is 3.49. The molecule has 0 aromatic heterocycles. The molecule has 0 saturated heterocycles. The Balaban J connectivity index is 2.64. The van der Waals surface area contributed by atoms with Crippen molar-refractivity contribution in [1.29, 1.82) is 0 Å². The van der Waals surface area contributed by atoms with E-state index in [1.54, 1.807) is 13.8 Å². The first-order valence-corrected chi connectivity index (χ1v) is 4.67. The third kappa shape index (κ3) is 1.90. The van der Waals surface area contributed by atoms with Gasteiger partial charge >= 0.3 is 5.97 Å². The highest BCUT2D eigenvalue weighted by molar-refractivity contribution is 5.74. The Morgan fingerprint density at radius 2 is 2.08 bits per heavy atom. The van der Waals surface area contributed by atoms with Gasteiger partial charge in [0.2, 0.25) is 0 Å². The van der Waals surface area contributed by atoms with Gasteiger partial charge in [0, 0.05) is 5.92 Å². The molecule has 74 valence electrons. The number of hydrogen-bond acceptors (Lipinski definition) is 2. The molecule has 1 rings (SSSR count). The van der Waals surface area contributed by atoms with Gasteiger partial charge in [0.25, 0.3) is 0 Å². The molecule has 0 spiro atoms. The first-order valence-electron chi connectivity index (χ1n) is 4.67. The third-order valence-electron chi connectivity index (χ3n) is 3.24. The minimum atomic E-state index is -0.760. The molecule has 1 aliphatic rings. The Morgan fingerprint density at radius 3 is 2.46 bits per heavy atom. The van der Waals surface area contributed by atoms with Crippen LogP contribution in [-0.2, 0) is 9.59 Å². The van der Waals surface area contributed by atoms with Crippen molar-refractivity contribution >= 4 is 12.3 Å². The molecule has 0 aromatic carbocycles. The largest absolute Gasteiger partial charge is 0.481 e. The molecule has 0 radical (unpaired) electrons. The van der Waals surface area contributed by atoms with Crippen molar-refractivity contribution in [3.63, 3.8) is 0 Å². The first-order chi connectivity index (χ1) is 5.98. The zero-order chi connectivity index (χ0) is 10.1. The van der Waals surface area contributed by atoms with E-state index < -0.39 is 11.4 Å². The summed E-state index contributed by atoms with van der Waals surface area (Å²) in [5.41, 5.74) is -0.683. The topological polar surface area (TPSA) is 54.4 Å². The van der Waals surface area contributed by atoms with Crippen LogP contribution in [0.4, 0.5) is 0 Å². The van der Waals surface area contributed by atoms with E-state index >= 15 is 0 Å². The van der Waals surface area contributed by atoms with Crippen molar-refractivity contribution in [3.8, 4) is 0 Å². The number of aliphatic carboxylic acids is 1. The summed E-state index contributed by atoms with van der Waals surface area (Å²) in [7, 11) is 0. The van der Waals surface area contributed by atoms with E-state index in [1.165, 1.54) is 0 Å². The van der Waals surface area contributed by atoms with Gasteiger partial charge in [0.15, 0.2) is 0 Å². The maximum absolute atomic E-state index is 10.9.